The molecule has 6 nitrogen and oxygen atoms in total. The lowest BCUT2D eigenvalue weighted by atomic mass is 10.3. The quantitative estimate of drug-likeness (QED) is 0.303. The molecule has 0 aliphatic heterocycles. The van der Waals surface area contributed by atoms with Crippen molar-refractivity contribution in [2.75, 3.05) is 6.54 Å². The van der Waals surface area contributed by atoms with Gasteiger partial charge in [0.25, 0.3) is 0 Å². The van der Waals surface area contributed by atoms with E-state index < -0.39 is 6.03 Å². The Morgan fingerprint density at radius 1 is 1.58 bits per heavy atom. The second-order valence-electron chi connectivity index (χ2n) is 1.73. The molecule has 0 unspecified atom stereocenters. The summed E-state index contributed by atoms with van der Waals surface area (Å²) in [6.45, 7) is 2.76. The summed E-state index contributed by atoms with van der Waals surface area (Å²) >= 11 is 0. The molecule has 0 aliphatic carbocycles. The highest BCUT2D eigenvalue weighted by molar-refractivity contribution is 7.59. The van der Waals surface area contributed by atoms with Gasteiger partial charge in [0.15, 0.2) is 0 Å². The first kappa shape index (κ1) is 17.5. The smallest absolute Gasteiger partial charge is 0.312 e. The summed E-state index contributed by atoms with van der Waals surface area (Å²) in [5, 5.41) is 18.0. The summed E-state index contributed by atoms with van der Waals surface area (Å²) in [6, 6.07) is -0.432. The normalized spacial score (nSPS) is 7.25. The third-order valence-electron chi connectivity index (χ3n) is 0.830. The zero-order valence-corrected chi connectivity index (χ0v) is 7.91. The number of nitrogens with one attached hydrogen (secondary N) is 1. The number of primary amides is 1. The van der Waals surface area contributed by atoms with E-state index in [-0.39, 0.29) is 13.5 Å². The number of urea groups is 1. The van der Waals surface area contributed by atoms with Crippen LogP contribution in [0.1, 0.15) is 19.8 Å². The van der Waals surface area contributed by atoms with E-state index in [4.69, 9.17) is 16.2 Å². The maximum atomic E-state index is 9.99. The Kier molecular flexibility index (Phi) is 24.6. The highest BCUT2D eigenvalue weighted by Gasteiger charge is 1.86. The van der Waals surface area contributed by atoms with Crippen LogP contribution in [0.4, 0.5) is 4.79 Å². The molecule has 0 aliphatic rings. The fourth-order valence-electron chi connectivity index (χ4n) is 0.388. The van der Waals surface area contributed by atoms with Crippen LogP contribution in [0.3, 0.4) is 0 Å². The average molecular weight is 200 g/mol. The van der Waals surface area contributed by atoms with Crippen LogP contribution in [0.2, 0.25) is 0 Å². The minimum atomic E-state index is -0.432. The van der Waals surface area contributed by atoms with Crippen molar-refractivity contribution in [3.63, 3.8) is 0 Å². The van der Waals surface area contributed by atoms with Crippen molar-refractivity contribution < 1.29 is 20.3 Å². The van der Waals surface area contributed by atoms with Gasteiger partial charge in [0.05, 0.1) is 0 Å². The van der Waals surface area contributed by atoms with E-state index >= 15 is 0 Å². The first-order valence-electron chi connectivity index (χ1n) is 3.17. The van der Waals surface area contributed by atoms with Crippen molar-refractivity contribution >= 4 is 19.5 Å². The summed E-state index contributed by atoms with van der Waals surface area (Å²) in [6.07, 6.45) is 2.09. The van der Waals surface area contributed by atoms with Crippen LogP contribution < -0.4 is 11.1 Å². The second kappa shape index (κ2) is 16.8. The van der Waals surface area contributed by atoms with Crippen molar-refractivity contribution in [2.24, 2.45) is 5.73 Å². The van der Waals surface area contributed by atoms with E-state index in [1.165, 1.54) is 0 Å². The minimum absolute atomic E-state index is 0. The molecule has 0 saturated heterocycles. The van der Waals surface area contributed by atoms with Crippen molar-refractivity contribution in [1.82, 2.24) is 5.32 Å². The van der Waals surface area contributed by atoms with Gasteiger partial charge in [-0.25, -0.2) is 15.3 Å². The van der Waals surface area contributed by atoms with Crippen molar-refractivity contribution in [3.05, 3.63) is 0 Å². The number of rotatable bonds is 3. The van der Waals surface area contributed by atoms with E-state index in [2.05, 4.69) is 17.3 Å². The topological polar surface area (TPSA) is 105 Å². The maximum Gasteiger partial charge on any atom is 0.312 e. The molecule has 0 spiro atoms. The molecule has 76 valence electrons. The summed E-state index contributed by atoms with van der Waals surface area (Å²) in [4.78, 5) is 9.99. The summed E-state index contributed by atoms with van der Waals surface area (Å²) in [5.41, 5.74) is 4.78. The van der Waals surface area contributed by atoms with Crippen molar-refractivity contribution in [3.8, 4) is 0 Å². The number of carbonyl (C=O) groups excluding carboxylic acids is 1. The van der Waals surface area contributed by atoms with E-state index in [1.807, 2.05) is 0 Å². The predicted molar refractivity (Wildman–Crippen MR) is 49.2 cm³/mol. The van der Waals surface area contributed by atoms with Crippen LogP contribution in [-0.2, 0) is 5.04 Å². The summed E-state index contributed by atoms with van der Waals surface area (Å²) < 4.78 is 0. The number of hydrogen-bond acceptors (Lipinski definition) is 4. The molecule has 0 radical (unpaired) electrons. The third-order valence-corrected chi connectivity index (χ3v) is 0.830. The Balaban J connectivity index is -0.000000177. The van der Waals surface area contributed by atoms with E-state index in [9.17, 15) is 4.79 Å². The lowest BCUT2D eigenvalue weighted by Gasteiger charge is -1.96. The van der Waals surface area contributed by atoms with Crippen LogP contribution in [0.15, 0.2) is 0 Å². The van der Waals surface area contributed by atoms with Gasteiger partial charge in [0, 0.05) is 6.54 Å². The SMILES string of the molecule is CCCCNC(N)=O.OOO.S. The fourth-order valence-corrected chi connectivity index (χ4v) is 0.388. The monoisotopic (exact) mass is 200 g/mol. The summed E-state index contributed by atoms with van der Waals surface area (Å²) in [5.74, 6) is 0. The molecule has 0 aromatic carbocycles. The molecule has 0 aromatic rings. The van der Waals surface area contributed by atoms with Crippen LogP contribution >= 0.6 is 13.5 Å². The molecule has 12 heavy (non-hydrogen) atoms. The Morgan fingerprint density at radius 2 is 2.00 bits per heavy atom. The molecule has 2 amide bonds. The zero-order valence-electron chi connectivity index (χ0n) is 6.91. The summed E-state index contributed by atoms with van der Waals surface area (Å²) in [7, 11) is 0. The standard InChI is InChI=1S/C5H12N2O.H2O3.H2S/c1-2-3-4-7-5(6)8;1-3-2;/h2-4H2,1H3,(H3,6,7,8);1-2H;1H2. The highest BCUT2D eigenvalue weighted by atomic mass is 32.1. The molecule has 0 rings (SSSR count). The number of unbranched alkanes of at least 4 members (excludes halogenated alkanes) is 1. The van der Waals surface area contributed by atoms with Gasteiger partial charge in [0.2, 0.25) is 0 Å². The van der Waals surface area contributed by atoms with E-state index in [0.717, 1.165) is 12.8 Å². The van der Waals surface area contributed by atoms with Gasteiger partial charge < -0.3 is 11.1 Å². The fraction of sp³-hybridized carbons (Fsp3) is 0.800. The first-order valence-corrected chi connectivity index (χ1v) is 3.17. The minimum Gasteiger partial charge on any atom is -0.352 e. The maximum absolute atomic E-state index is 9.99. The lowest BCUT2D eigenvalue weighted by molar-refractivity contribution is -0.465. The molecular formula is C5H16N2O4S. The second-order valence-corrected chi connectivity index (χ2v) is 1.73. The molecule has 7 heteroatoms. The number of carbonyl (C=O) groups is 1. The van der Waals surface area contributed by atoms with Crippen LogP contribution in [0.25, 0.3) is 0 Å². The Hall–Kier alpha value is -0.500. The van der Waals surface area contributed by atoms with Gasteiger partial charge in [-0.05, 0) is 6.42 Å². The van der Waals surface area contributed by atoms with Gasteiger partial charge in [0.1, 0.15) is 0 Å². The van der Waals surface area contributed by atoms with Gasteiger partial charge in [-0.15, -0.1) is 0 Å². The number of nitrogens with two attached hydrogens (primary N) is 1. The number of hydrogen-bond donors (Lipinski definition) is 4. The highest BCUT2D eigenvalue weighted by Crippen LogP contribution is 1.80. The molecule has 0 saturated carbocycles. The number of amides is 2. The van der Waals surface area contributed by atoms with Gasteiger partial charge in [-0.2, -0.15) is 13.5 Å². The van der Waals surface area contributed by atoms with Gasteiger partial charge >= 0.3 is 6.03 Å². The zero-order chi connectivity index (χ0) is 9.11. The van der Waals surface area contributed by atoms with Crippen molar-refractivity contribution in [1.29, 1.82) is 0 Å². The molecule has 0 heterocycles. The van der Waals surface area contributed by atoms with Crippen LogP contribution in [0.5, 0.6) is 0 Å². The predicted octanol–water partition coefficient (Wildman–Crippen LogP) is 0.517. The molecule has 0 aromatic heterocycles. The first-order chi connectivity index (χ1) is 5.18. The van der Waals surface area contributed by atoms with E-state index in [1.54, 1.807) is 0 Å². The average Bonchev–Trinajstić information content (AvgIpc) is 1.89. The van der Waals surface area contributed by atoms with Crippen molar-refractivity contribution in [2.45, 2.75) is 19.8 Å². The lowest BCUT2D eigenvalue weighted by Crippen LogP contribution is -2.29. The Bertz CT molecular complexity index is 93.5. The molecular weight excluding hydrogens is 184 g/mol. The van der Waals surface area contributed by atoms with Gasteiger partial charge in [-0.1, -0.05) is 18.4 Å². The Morgan fingerprint density at radius 3 is 2.25 bits per heavy atom. The molecule has 0 atom stereocenters. The molecule has 5 N–H and O–H groups in total. The molecule has 0 fully saturated rings. The molecule has 0 bridgehead atoms. The van der Waals surface area contributed by atoms with Crippen LogP contribution in [-0.4, -0.2) is 23.1 Å². The van der Waals surface area contributed by atoms with Gasteiger partial charge in [-0.3, -0.25) is 0 Å². The Labute approximate surface area is 78.0 Å². The van der Waals surface area contributed by atoms with E-state index in [0.29, 0.717) is 6.54 Å². The third kappa shape index (κ3) is 33.9. The largest absolute Gasteiger partial charge is 0.352 e. The van der Waals surface area contributed by atoms with Crippen LogP contribution in [0, 0.1) is 0 Å².